The summed E-state index contributed by atoms with van der Waals surface area (Å²) in [4.78, 5) is 79.3. The summed E-state index contributed by atoms with van der Waals surface area (Å²) in [5.41, 5.74) is 5.07. The Labute approximate surface area is 852 Å². The van der Waals surface area contributed by atoms with Crippen LogP contribution in [0.1, 0.15) is 182 Å². The highest BCUT2D eigenvalue weighted by atomic mass is 79.9. The van der Waals surface area contributed by atoms with E-state index >= 15 is 0 Å². The molecule has 0 saturated carbocycles. The van der Waals surface area contributed by atoms with Crippen LogP contribution in [-0.4, -0.2) is 162 Å². The number of rotatable bonds is 19. The number of ether oxygens (including phenoxy) is 1. The number of aryl methyl sites for hydroxylation is 7. The summed E-state index contributed by atoms with van der Waals surface area (Å²) >= 11 is 41.8. The highest BCUT2D eigenvalue weighted by Gasteiger charge is 2.48. The van der Waals surface area contributed by atoms with Crippen molar-refractivity contribution in [3.05, 3.63) is 263 Å². The van der Waals surface area contributed by atoms with Gasteiger partial charge in [0, 0.05) is 104 Å². The molecule has 6 N–H and O–H groups in total. The lowest BCUT2D eigenvalue weighted by Crippen LogP contribution is -2.37. The standard InChI is InChI=1S/C21H22ClF3N4O3.C17H15ClF3N3O3.C16H13ClF3N3O3.C15H12BrClF3N3O.C8H9F3N2.C7H4BrCl2NO.C4H7F3N2O/c1-12-8-18(29(3)27-12)20(2)10-17(28-32-20)13-4-5-16(22)15(9-13)19(31)26-11-14(30)6-7-21(23,24)25;1-16(14-7-13(17(19,20)21)22-24(14)2)8-12(23-27-16)9-4-5-11(18)10(6-9)15(25)26-3;1-15(13-6-12(16(18,19)20)21-23(13)2)7-11(22-26-15)8-3-4-10(17)9(5-8)14(24)25;1-14(13-6-12(15(18,19)20)21-23(13)2)7-11(22-24-14)8-3-4-10(17)9(16)5-8;1-5-4-7(13(3)12-5)6(2)8(9,10)11;8-5-3-4(7(10)11-12)1-2-6(5)9;5-4(6,7)2-9-3(10)1-8/h4-5,8-9H,6-7,10-11H2,1-3H3,(H,26,31);4-7H,8H2,1-3H3;3-6H,7H2,1-2H3,(H,24,25);3-6H,7H2,1-2H3;4H,2H2,1,3H3;1-3,12H;1-2,8H2,(H,9,10)/b;;;;;11-7-;. The Bertz CT molecular complexity index is 6610. The van der Waals surface area contributed by atoms with Crippen LogP contribution in [0.2, 0.25) is 25.1 Å². The number of hydrogen-bond donors (Lipinski definition) is 5. The van der Waals surface area contributed by atoms with Gasteiger partial charge in [0.1, 0.15) is 6.54 Å². The van der Waals surface area contributed by atoms with E-state index in [4.69, 9.17) is 105 Å². The number of benzene rings is 5. The summed E-state index contributed by atoms with van der Waals surface area (Å²) in [5.74, 6) is -4.00. The van der Waals surface area contributed by atoms with Gasteiger partial charge in [0.05, 0.1) is 137 Å². The highest BCUT2D eigenvalue weighted by Crippen LogP contribution is 2.45. The lowest BCUT2D eigenvalue weighted by Gasteiger charge is -2.21. The molecule has 0 radical (unpaired) electrons. The Morgan fingerprint density at radius 2 is 0.833 bits per heavy atom. The van der Waals surface area contributed by atoms with Gasteiger partial charge in [-0.15, -0.1) is 0 Å². The van der Waals surface area contributed by atoms with Gasteiger partial charge in [-0.25, -0.2) is 9.59 Å². The molecule has 30 nitrogen and oxygen atoms in total. The largest absolute Gasteiger partial charge is 0.478 e. The Morgan fingerprint density at radius 1 is 0.486 bits per heavy atom. The van der Waals surface area contributed by atoms with Gasteiger partial charge in [0.15, 0.2) is 50.4 Å². The smallest absolute Gasteiger partial charge is 0.435 e. The second-order valence-electron chi connectivity index (χ2n) is 32.3. The molecule has 4 aliphatic rings. The molecule has 4 unspecified atom stereocenters. The van der Waals surface area contributed by atoms with Crippen molar-refractivity contribution in [3.8, 4) is 0 Å². The maximum atomic E-state index is 12.9. The van der Waals surface area contributed by atoms with Crippen molar-refractivity contribution in [1.82, 2.24) is 59.5 Å². The first-order chi connectivity index (χ1) is 66.5. The quantitative estimate of drug-likeness (QED) is 0.0165. The number of allylic oxidation sites excluding steroid dienone is 1. The number of nitrogens with one attached hydrogen (secondary N) is 2. The molecule has 144 heavy (non-hydrogen) atoms. The van der Waals surface area contributed by atoms with Crippen molar-refractivity contribution < 1.29 is 137 Å². The third-order valence-electron chi connectivity index (χ3n) is 20.9. The first kappa shape index (κ1) is 117. The van der Waals surface area contributed by atoms with Crippen LogP contribution in [0, 0.1) is 13.8 Å². The number of methoxy groups -OCH3 is 1. The molecule has 0 spiro atoms. The number of nitrogens with two attached hydrogens (primary N) is 1. The van der Waals surface area contributed by atoms with Crippen LogP contribution >= 0.6 is 101 Å². The molecule has 0 bridgehead atoms. The predicted molar refractivity (Wildman–Crippen MR) is 500 cm³/mol. The number of Topliss-reactive ketones (excluding diaryl/α,β-unsaturated/α-hetero) is 1. The first-order valence-corrected chi connectivity index (χ1v) is 44.9. The number of carboxylic acid groups (broad SMARTS) is 1. The minimum atomic E-state index is -4.57. The average molecular weight is 2300 g/mol. The van der Waals surface area contributed by atoms with E-state index in [0.717, 1.165) is 44.5 Å². The monoisotopic (exact) mass is 2290 g/mol. The number of alkyl halides is 18. The molecule has 0 aliphatic carbocycles. The van der Waals surface area contributed by atoms with Crippen molar-refractivity contribution in [3.63, 3.8) is 0 Å². The molecule has 10 aromatic rings. The zero-order valence-corrected chi connectivity index (χ0v) is 84.4. The van der Waals surface area contributed by atoms with E-state index in [1.807, 2.05) is 27.0 Å². The van der Waals surface area contributed by atoms with E-state index < -0.39 is 144 Å². The van der Waals surface area contributed by atoms with Gasteiger partial charge in [-0.05, 0) is 164 Å². The van der Waals surface area contributed by atoms with Crippen molar-refractivity contribution >= 4 is 165 Å². The first-order valence-electron chi connectivity index (χ1n) is 41.0. The zero-order chi connectivity index (χ0) is 108. The van der Waals surface area contributed by atoms with Crippen molar-refractivity contribution in [2.45, 2.75) is 140 Å². The van der Waals surface area contributed by atoms with Gasteiger partial charge in [0.2, 0.25) is 5.91 Å². The number of carbonyl (C=O) groups excluding carboxylic acids is 4. The Kier molecular flexibility index (Phi) is 38.4. The Morgan fingerprint density at radius 3 is 1.16 bits per heavy atom. The minimum absolute atomic E-state index is 0.00463. The topological polar surface area (TPSA) is 373 Å². The fourth-order valence-corrected chi connectivity index (χ4v) is 15.5. The SMILES string of the molecule is C=C(c1cc(C)nn1C)C(F)(F)F.COC(=O)c1cc(C2=NOC(C)(c3cc(C(F)(F)F)nn3C)C2)ccc1Cl.Cc1cc(C2(C)CC(c3ccc(Cl)c(C(=O)NCC(=O)CCC(F)(F)F)c3)=NO2)n(C)n1.Cn1nc(C(F)(F)F)cc1C1(C)CC(c2ccc(Cl)c(Br)c2)=NO1.Cn1nc(C(F)(F)F)cc1C1(C)CC(c2ccc(Cl)c(C(=O)O)c2)=NO1.NCC(=O)NCC(F)(F)F.O/N=C(\Cl)c1ccc(Cl)c(Br)c1. The van der Waals surface area contributed by atoms with Gasteiger partial charge in [-0.2, -0.15) is 105 Å². The predicted octanol–water partition coefficient (Wildman–Crippen LogP) is 22.1. The number of carboxylic acids is 1. The molecule has 5 aromatic carbocycles. The van der Waals surface area contributed by atoms with Gasteiger partial charge in [-0.3, -0.25) is 37.8 Å². The summed E-state index contributed by atoms with van der Waals surface area (Å²) in [6.07, 6.45) is -27.7. The summed E-state index contributed by atoms with van der Waals surface area (Å²) in [6, 6.07) is 30.2. The van der Waals surface area contributed by atoms with E-state index in [2.05, 4.69) is 99.8 Å². The van der Waals surface area contributed by atoms with Crippen LogP contribution in [0.3, 0.4) is 0 Å². The third-order valence-corrected chi connectivity index (χ3v) is 24.6. The molecule has 56 heteroatoms. The van der Waals surface area contributed by atoms with Crippen LogP contribution in [0.15, 0.2) is 163 Å². The number of oxime groups is 5. The van der Waals surface area contributed by atoms with Gasteiger partial charge >= 0.3 is 49.0 Å². The number of hydrogen-bond acceptors (Lipinski definition) is 22. The number of carbonyl (C=O) groups is 5. The van der Waals surface area contributed by atoms with Crippen LogP contribution in [0.4, 0.5) is 79.0 Å². The molecule has 4 aliphatic heterocycles. The molecule has 9 heterocycles. The van der Waals surface area contributed by atoms with Crippen LogP contribution in [0.5, 0.6) is 0 Å². The number of aromatic carboxylic acids is 1. The number of halogens is 26. The third kappa shape index (κ3) is 31.1. The summed E-state index contributed by atoms with van der Waals surface area (Å²) in [6.45, 7) is 11.0. The number of aromatic nitrogens is 10. The van der Waals surface area contributed by atoms with Crippen LogP contribution in [0.25, 0.3) is 5.57 Å². The number of amides is 2. The van der Waals surface area contributed by atoms with Crippen molar-refractivity contribution in [1.29, 1.82) is 0 Å². The van der Waals surface area contributed by atoms with E-state index in [9.17, 15) is 103 Å². The Balaban J connectivity index is 0.000000212. The average Bonchev–Trinajstić information content (AvgIpc) is 1.63. The highest BCUT2D eigenvalue weighted by molar-refractivity contribution is 9.11. The normalized spacial score (nSPS) is 17.6. The molecule has 14 rings (SSSR count). The molecule has 0 fully saturated rings. The number of nitrogens with zero attached hydrogens (tertiary/aromatic N) is 15. The summed E-state index contributed by atoms with van der Waals surface area (Å²) in [7, 11) is 8.76. The van der Waals surface area contributed by atoms with Gasteiger partial charge < -0.3 is 50.8 Å². The fourth-order valence-electron chi connectivity index (χ4n) is 13.8. The maximum absolute atomic E-state index is 12.9. The van der Waals surface area contributed by atoms with E-state index in [0.29, 0.717) is 88.3 Å². The van der Waals surface area contributed by atoms with Crippen LogP contribution in [-0.2, 0) is 110 Å². The van der Waals surface area contributed by atoms with Gasteiger partial charge in [-0.1, -0.05) is 132 Å². The van der Waals surface area contributed by atoms with Crippen LogP contribution < -0.4 is 16.4 Å². The molecule has 2 amide bonds. The van der Waals surface area contributed by atoms with Crippen molar-refractivity contribution in [2.75, 3.05) is 26.7 Å². The second kappa shape index (κ2) is 47.1. The van der Waals surface area contributed by atoms with Crippen molar-refractivity contribution in [2.24, 2.45) is 66.8 Å². The van der Waals surface area contributed by atoms with E-state index in [-0.39, 0.29) is 66.9 Å². The lowest BCUT2D eigenvalue weighted by atomic mass is 9.92. The molecule has 5 aromatic heterocycles. The number of esters is 1. The molecule has 4 atom stereocenters. The molecule has 778 valence electrons. The summed E-state index contributed by atoms with van der Waals surface area (Å²) in [5, 5.41) is 60.7. The number of ketones is 1. The van der Waals surface area contributed by atoms with Gasteiger partial charge in [0.25, 0.3) is 5.91 Å². The Hall–Kier alpha value is -11.8. The summed E-state index contributed by atoms with van der Waals surface area (Å²) < 4.78 is 236. The second-order valence-corrected chi connectivity index (χ2v) is 36.4. The fraction of sp³-hybridized carbons (Fsp3) is 0.352. The molecular formula is C88H82Br2Cl6F18N18O12. The maximum Gasteiger partial charge on any atom is 0.435 e. The molecule has 0 saturated heterocycles. The zero-order valence-electron chi connectivity index (χ0n) is 76.7. The lowest BCUT2D eigenvalue weighted by molar-refractivity contribution is -0.142. The van der Waals surface area contributed by atoms with E-state index in [1.54, 1.807) is 92.3 Å². The molecular weight excluding hydrogens is 2220 g/mol. The van der Waals surface area contributed by atoms with E-state index in [1.165, 1.54) is 87.1 Å². The minimum Gasteiger partial charge on any atom is -0.478 e.